The molecule has 3 aromatic rings. The molecule has 4 rings (SSSR count). The number of hydrogen-bond acceptors (Lipinski definition) is 6. The van der Waals surface area contributed by atoms with E-state index in [9.17, 15) is 19.8 Å². The van der Waals surface area contributed by atoms with Gasteiger partial charge in [-0.15, -0.1) is 0 Å². The van der Waals surface area contributed by atoms with Gasteiger partial charge < -0.3 is 19.8 Å². The Bertz CT molecular complexity index is 1140. The number of rotatable bonds is 7. The van der Waals surface area contributed by atoms with Gasteiger partial charge in [-0.05, 0) is 60.7 Å². The lowest BCUT2D eigenvalue weighted by Crippen LogP contribution is -2.58. The van der Waals surface area contributed by atoms with Crippen LogP contribution in [0.1, 0.15) is 32.3 Å². The van der Waals surface area contributed by atoms with Crippen molar-refractivity contribution in [2.45, 2.75) is 44.8 Å². The van der Waals surface area contributed by atoms with Crippen LogP contribution in [0.5, 0.6) is 11.5 Å². The standard InChI is InChI=1S/C28H29NO5/c1-19(2)28(16-15-20-11-13-23(30)14-12-20)18-25(32)26(27(33)34-28)29(21-7-4-3-5-8-21)22-9-6-10-24(31)17-22/h3-14,17,19,26,30-31H,15-16,18H2,1-2H3. The van der Waals surface area contributed by atoms with E-state index in [-0.39, 0.29) is 29.6 Å². The molecule has 0 aromatic heterocycles. The molecule has 2 atom stereocenters. The number of Topliss-reactive ketones (excluding diaryl/α,β-unsaturated/α-hetero) is 1. The van der Waals surface area contributed by atoms with Crippen LogP contribution < -0.4 is 4.90 Å². The van der Waals surface area contributed by atoms with Crippen LogP contribution in [0.3, 0.4) is 0 Å². The van der Waals surface area contributed by atoms with Gasteiger partial charge in [0.25, 0.3) is 0 Å². The van der Waals surface area contributed by atoms with Gasteiger partial charge in [0, 0.05) is 23.9 Å². The number of ether oxygens (including phenoxy) is 1. The van der Waals surface area contributed by atoms with Crippen LogP contribution in [0.15, 0.2) is 78.9 Å². The molecule has 3 aromatic carbocycles. The SMILES string of the molecule is CC(C)C1(CCc2ccc(O)cc2)CC(=O)C(N(c2ccccc2)c2cccc(O)c2)C(=O)O1. The second kappa shape index (κ2) is 9.59. The molecule has 0 bridgehead atoms. The van der Waals surface area contributed by atoms with Crippen LogP contribution in [-0.4, -0.2) is 33.6 Å². The summed E-state index contributed by atoms with van der Waals surface area (Å²) in [6.07, 6.45) is 1.21. The van der Waals surface area contributed by atoms with Gasteiger partial charge in [-0.25, -0.2) is 4.79 Å². The van der Waals surface area contributed by atoms with Gasteiger partial charge in [-0.3, -0.25) is 4.79 Å². The van der Waals surface area contributed by atoms with E-state index in [1.807, 2.05) is 56.3 Å². The van der Waals surface area contributed by atoms with Crippen molar-refractivity contribution >= 4 is 23.1 Å². The maximum Gasteiger partial charge on any atom is 0.337 e. The lowest BCUT2D eigenvalue weighted by Gasteiger charge is -2.44. The third kappa shape index (κ3) is 4.76. The fourth-order valence-electron chi connectivity index (χ4n) is 4.51. The summed E-state index contributed by atoms with van der Waals surface area (Å²) in [5.74, 6) is -0.645. The Labute approximate surface area is 199 Å². The molecule has 1 aliphatic rings. The predicted molar refractivity (Wildman–Crippen MR) is 130 cm³/mol. The van der Waals surface area contributed by atoms with E-state index in [4.69, 9.17) is 4.74 Å². The molecule has 0 aliphatic carbocycles. The monoisotopic (exact) mass is 459 g/mol. The number of nitrogens with zero attached hydrogens (tertiary/aromatic N) is 1. The van der Waals surface area contributed by atoms with Crippen molar-refractivity contribution in [3.05, 3.63) is 84.4 Å². The Hall–Kier alpha value is -3.80. The highest BCUT2D eigenvalue weighted by Gasteiger charge is 2.50. The van der Waals surface area contributed by atoms with Crippen molar-refractivity contribution < 1.29 is 24.5 Å². The summed E-state index contributed by atoms with van der Waals surface area (Å²) in [4.78, 5) is 28.7. The van der Waals surface area contributed by atoms with Crippen LogP contribution in [-0.2, 0) is 20.7 Å². The number of phenols is 2. The Kier molecular flexibility index (Phi) is 6.59. The molecule has 1 fully saturated rings. The van der Waals surface area contributed by atoms with E-state index in [2.05, 4.69) is 0 Å². The van der Waals surface area contributed by atoms with Crippen LogP contribution in [0.4, 0.5) is 11.4 Å². The van der Waals surface area contributed by atoms with Crippen molar-refractivity contribution in [1.29, 1.82) is 0 Å². The van der Waals surface area contributed by atoms with Crippen molar-refractivity contribution in [3.8, 4) is 11.5 Å². The summed E-state index contributed by atoms with van der Waals surface area (Å²) in [7, 11) is 0. The maximum absolute atomic E-state index is 13.6. The number of aromatic hydroxyl groups is 2. The van der Waals surface area contributed by atoms with Crippen molar-refractivity contribution in [2.24, 2.45) is 5.92 Å². The van der Waals surface area contributed by atoms with E-state index in [1.165, 1.54) is 6.07 Å². The van der Waals surface area contributed by atoms with Gasteiger partial charge in [-0.2, -0.15) is 0 Å². The Balaban J connectivity index is 1.64. The van der Waals surface area contributed by atoms with E-state index in [0.29, 0.717) is 24.2 Å². The Morgan fingerprint density at radius 1 is 0.912 bits per heavy atom. The second-order valence-electron chi connectivity index (χ2n) is 9.08. The van der Waals surface area contributed by atoms with Crippen molar-refractivity contribution in [1.82, 2.24) is 0 Å². The Morgan fingerprint density at radius 3 is 2.21 bits per heavy atom. The number of esters is 1. The normalized spacial score (nSPS) is 20.3. The van der Waals surface area contributed by atoms with Crippen molar-refractivity contribution in [2.75, 3.05) is 4.90 Å². The molecule has 6 heteroatoms. The highest BCUT2D eigenvalue weighted by molar-refractivity contribution is 6.10. The molecule has 1 saturated heterocycles. The highest BCUT2D eigenvalue weighted by Crippen LogP contribution is 2.40. The molecule has 0 saturated carbocycles. The number of phenolic OH excluding ortho intramolecular Hbond substituents is 2. The van der Waals surface area contributed by atoms with Crippen LogP contribution in [0, 0.1) is 5.92 Å². The molecule has 0 spiro atoms. The summed E-state index contributed by atoms with van der Waals surface area (Å²) in [6.45, 7) is 3.92. The lowest BCUT2D eigenvalue weighted by molar-refractivity contribution is -0.179. The fourth-order valence-corrected chi connectivity index (χ4v) is 4.51. The number of anilines is 2. The number of para-hydroxylation sites is 1. The molecule has 0 amide bonds. The van der Waals surface area contributed by atoms with Crippen LogP contribution in [0.2, 0.25) is 0 Å². The number of cyclic esters (lactones) is 1. The third-order valence-corrected chi connectivity index (χ3v) is 6.53. The quantitative estimate of drug-likeness (QED) is 0.375. The fraction of sp³-hybridized carbons (Fsp3) is 0.286. The summed E-state index contributed by atoms with van der Waals surface area (Å²) >= 11 is 0. The van der Waals surface area contributed by atoms with Crippen LogP contribution >= 0.6 is 0 Å². The molecule has 6 nitrogen and oxygen atoms in total. The summed E-state index contributed by atoms with van der Waals surface area (Å²) in [6, 6.07) is 21.4. The number of carbonyl (C=O) groups excluding carboxylic acids is 2. The first-order chi connectivity index (χ1) is 16.3. The van der Waals surface area contributed by atoms with E-state index in [0.717, 1.165) is 5.56 Å². The molecular weight excluding hydrogens is 430 g/mol. The molecule has 0 radical (unpaired) electrons. The smallest absolute Gasteiger partial charge is 0.337 e. The zero-order valence-corrected chi connectivity index (χ0v) is 19.3. The van der Waals surface area contributed by atoms with Crippen molar-refractivity contribution in [3.63, 3.8) is 0 Å². The minimum absolute atomic E-state index is 0.0421. The number of hydrogen-bond donors (Lipinski definition) is 2. The maximum atomic E-state index is 13.6. The van der Waals surface area contributed by atoms with Gasteiger partial charge in [0.05, 0.1) is 0 Å². The summed E-state index contributed by atoms with van der Waals surface area (Å²) in [5.41, 5.74) is 1.27. The lowest BCUT2D eigenvalue weighted by atomic mass is 9.77. The van der Waals surface area contributed by atoms with Crippen LogP contribution in [0.25, 0.3) is 0 Å². The molecule has 2 unspecified atom stereocenters. The molecule has 34 heavy (non-hydrogen) atoms. The minimum Gasteiger partial charge on any atom is -0.508 e. The predicted octanol–water partition coefficient (Wildman–Crippen LogP) is 5.15. The molecule has 1 heterocycles. The Morgan fingerprint density at radius 2 is 1.59 bits per heavy atom. The van der Waals surface area contributed by atoms with Gasteiger partial charge in [0.1, 0.15) is 17.1 Å². The van der Waals surface area contributed by atoms with Gasteiger partial charge in [0.15, 0.2) is 11.8 Å². The topological polar surface area (TPSA) is 87.1 Å². The summed E-state index contributed by atoms with van der Waals surface area (Å²) < 4.78 is 6.10. The number of aryl methyl sites for hydroxylation is 1. The van der Waals surface area contributed by atoms with E-state index >= 15 is 0 Å². The van der Waals surface area contributed by atoms with Gasteiger partial charge >= 0.3 is 5.97 Å². The minimum atomic E-state index is -1.15. The number of benzene rings is 3. The molecule has 176 valence electrons. The zero-order valence-electron chi connectivity index (χ0n) is 19.3. The zero-order chi connectivity index (χ0) is 24.3. The average Bonchev–Trinajstić information content (AvgIpc) is 2.81. The van der Waals surface area contributed by atoms with E-state index in [1.54, 1.807) is 35.2 Å². The van der Waals surface area contributed by atoms with E-state index < -0.39 is 17.6 Å². The average molecular weight is 460 g/mol. The molecule has 2 N–H and O–H groups in total. The molecular formula is C28H29NO5. The number of carbonyl (C=O) groups is 2. The largest absolute Gasteiger partial charge is 0.508 e. The first-order valence-corrected chi connectivity index (χ1v) is 11.5. The van der Waals surface area contributed by atoms with Gasteiger partial charge in [0.2, 0.25) is 0 Å². The highest BCUT2D eigenvalue weighted by atomic mass is 16.6. The summed E-state index contributed by atoms with van der Waals surface area (Å²) in [5, 5.41) is 19.6. The molecule has 1 aliphatic heterocycles. The first-order valence-electron chi connectivity index (χ1n) is 11.5. The van der Waals surface area contributed by atoms with Gasteiger partial charge in [-0.1, -0.05) is 50.2 Å². The number of ketones is 1. The first kappa shape index (κ1) is 23.4. The second-order valence-corrected chi connectivity index (χ2v) is 9.08. The third-order valence-electron chi connectivity index (χ3n) is 6.53.